The number of nitrogens with zero attached hydrogens (tertiary/aromatic N) is 1. The van der Waals surface area contributed by atoms with E-state index in [1.165, 1.54) is 35.1 Å². The lowest BCUT2D eigenvalue weighted by atomic mass is 9.86. The number of hydrogen-bond donors (Lipinski definition) is 0. The van der Waals surface area contributed by atoms with Gasteiger partial charge in [0.25, 0.3) is 0 Å². The van der Waals surface area contributed by atoms with Gasteiger partial charge in [0.15, 0.2) is 0 Å². The molecule has 22 heavy (non-hydrogen) atoms. The van der Waals surface area contributed by atoms with Crippen molar-refractivity contribution < 1.29 is 4.74 Å². The van der Waals surface area contributed by atoms with Crippen LogP contribution in [0.1, 0.15) is 56.2 Å². The normalized spacial score (nSPS) is 21.2. The highest BCUT2D eigenvalue weighted by molar-refractivity contribution is 5.63. The Bertz CT molecular complexity index is 709. The second-order valence-corrected chi connectivity index (χ2v) is 7.29. The summed E-state index contributed by atoms with van der Waals surface area (Å²) >= 11 is 0. The van der Waals surface area contributed by atoms with Crippen LogP contribution in [0.4, 0.5) is 0 Å². The number of aryl methyl sites for hydroxylation is 1. The molecule has 2 heteroatoms. The zero-order valence-electron chi connectivity index (χ0n) is 13.6. The van der Waals surface area contributed by atoms with E-state index in [4.69, 9.17) is 4.74 Å². The average Bonchev–Trinajstić information content (AvgIpc) is 3.04. The van der Waals surface area contributed by atoms with Crippen molar-refractivity contribution in [2.24, 2.45) is 0 Å². The first kappa shape index (κ1) is 14.0. The first-order valence-electron chi connectivity index (χ1n) is 8.28. The standard InChI is InChI=1S/C20H23NO/c1-14-6-9-18(21-13-14)15-7-8-16-17(12-15)19(2,3)22-20(16)10-4-5-11-20/h6-9,12-13H,4-5,10-11H2,1-3H3. The molecule has 1 spiro atoms. The van der Waals surface area contributed by atoms with Gasteiger partial charge in [0.05, 0.1) is 16.9 Å². The number of ether oxygens (including phenoxy) is 1. The van der Waals surface area contributed by atoms with Gasteiger partial charge in [0.1, 0.15) is 0 Å². The van der Waals surface area contributed by atoms with E-state index in [0.29, 0.717) is 0 Å². The molecule has 2 aromatic rings. The highest BCUT2D eigenvalue weighted by atomic mass is 16.5. The Morgan fingerprint density at radius 2 is 1.77 bits per heavy atom. The van der Waals surface area contributed by atoms with Gasteiger partial charge in [-0.05, 0) is 62.4 Å². The van der Waals surface area contributed by atoms with Crippen LogP contribution in [0.2, 0.25) is 0 Å². The number of pyridine rings is 1. The third-order valence-electron chi connectivity index (χ3n) is 5.23. The highest BCUT2D eigenvalue weighted by Gasteiger charge is 2.50. The molecule has 0 atom stereocenters. The fraction of sp³-hybridized carbons (Fsp3) is 0.450. The minimum Gasteiger partial charge on any atom is -0.360 e. The molecule has 114 valence electrons. The van der Waals surface area contributed by atoms with Crippen LogP contribution >= 0.6 is 0 Å². The van der Waals surface area contributed by atoms with Crippen LogP contribution < -0.4 is 0 Å². The third-order valence-corrected chi connectivity index (χ3v) is 5.23. The maximum atomic E-state index is 6.56. The monoisotopic (exact) mass is 293 g/mol. The summed E-state index contributed by atoms with van der Waals surface area (Å²) in [7, 11) is 0. The van der Waals surface area contributed by atoms with Crippen LogP contribution in [0.15, 0.2) is 36.5 Å². The lowest BCUT2D eigenvalue weighted by Gasteiger charge is -2.28. The first-order chi connectivity index (χ1) is 10.5. The summed E-state index contributed by atoms with van der Waals surface area (Å²) in [4.78, 5) is 4.57. The van der Waals surface area contributed by atoms with Crippen LogP contribution in [0.3, 0.4) is 0 Å². The molecule has 2 nitrogen and oxygen atoms in total. The zero-order valence-corrected chi connectivity index (χ0v) is 13.6. The second-order valence-electron chi connectivity index (χ2n) is 7.29. The first-order valence-corrected chi connectivity index (χ1v) is 8.28. The SMILES string of the molecule is Cc1ccc(-c2ccc3c(c2)C(C)(C)OC32CCCC2)nc1. The van der Waals surface area contributed by atoms with Crippen molar-refractivity contribution in [3.8, 4) is 11.3 Å². The van der Waals surface area contributed by atoms with E-state index in [9.17, 15) is 0 Å². The molecule has 0 radical (unpaired) electrons. The van der Waals surface area contributed by atoms with Gasteiger partial charge in [0, 0.05) is 11.8 Å². The van der Waals surface area contributed by atoms with Gasteiger partial charge < -0.3 is 4.74 Å². The predicted molar refractivity (Wildman–Crippen MR) is 88.7 cm³/mol. The molecule has 0 bridgehead atoms. The Morgan fingerprint density at radius 3 is 2.45 bits per heavy atom. The molecular weight excluding hydrogens is 270 g/mol. The molecule has 1 fully saturated rings. The van der Waals surface area contributed by atoms with E-state index in [1.807, 2.05) is 6.20 Å². The smallest absolute Gasteiger partial charge is 0.0946 e. The molecule has 1 aliphatic heterocycles. The molecule has 2 heterocycles. The van der Waals surface area contributed by atoms with E-state index < -0.39 is 0 Å². The number of hydrogen-bond acceptors (Lipinski definition) is 2. The number of aromatic nitrogens is 1. The van der Waals surface area contributed by atoms with Crippen molar-refractivity contribution >= 4 is 0 Å². The van der Waals surface area contributed by atoms with Gasteiger partial charge in [0.2, 0.25) is 0 Å². The topological polar surface area (TPSA) is 22.1 Å². The van der Waals surface area contributed by atoms with Crippen molar-refractivity contribution in [3.63, 3.8) is 0 Å². The van der Waals surface area contributed by atoms with Gasteiger partial charge in [-0.2, -0.15) is 0 Å². The number of rotatable bonds is 1. The van der Waals surface area contributed by atoms with Crippen LogP contribution in [0.5, 0.6) is 0 Å². The summed E-state index contributed by atoms with van der Waals surface area (Å²) in [5.41, 5.74) is 5.93. The number of fused-ring (bicyclic) bond motifs is 2. The largest absolute Gasteiger partial charge is 0.360 e. The summed E-state index contributed by atoms with van der Waals surface area (Å²) in [6, 6.07) is 11.0. The van der Waals surface area contributed by atoms with Crippen LogP contribution in [-0.2, 0) is 15.9 Å². The van der Waals surface area contributed by atoms with Crippen molar-refractivity contribution in [3.05, 3.63) is 53.2 Å². The molecule has 1 saturated carbocycles. The molecule has 0 saturated heterocycles. The van der Waals surface area contributed by atoms with Gasteiger partial charge in [-0.25, -0.2) is 0 Å². The Kier molecular flexibility index (Phi) is 2.96. The van der Waals surface area contributed by atoms with Crippen molar-refractivity contribution in [2.75, 3.05) is 0 Å². The Balaban J connectivity index is 1.82. The molecule has 0 N–H and O–H groups in total. The molecule has 1 aromatic heterocycles. The van der Waals surface area contributed by atoms with Gasteiger partial charge in [-0.1, -0.05) is 31.0 Å². The fourth-order valence-electron chi connectivity index (χ4n) is 4.15. The average molecular weight is 293 g/mol. The summed E-state index contributed by atoms with van der Waals surface area (Å²) in [6.07, 6.45) is 6.80. The van der Waals surface area contributed by atoms with Crippen molar-refractivity contribution in [1.29, 1.82) is 0 Å². The Hall–Kier alpha value is -1.67. The third kappa shape index (κ3) is 2.01. The van der Waals surface area contributed by atoms with Gasteiger partial charge in [-0.3, -0.25) is 4.98 Å². The van der Waals surface area contributed by atoms with Gasteiger partial charge in [-0.15, -0.1) is 0 Å². The maximum Gasteiger partial charge on any atom is 0.0946 e. The van der Waals surface area contributed by atoms with Crippen LogP contribution in [-0.4, -0.2) is 4.98 Å². The maximum absolute atomic E-state index is 6.56. The summed E-state index contributed by atoms with van der Waals surface area (Å²) in [5.74, 6) is 0. The van der Waals surface area contributed by atoms with Crippen molar-refractivity contribution in [2.45, 2.75) is 57.7 Å². The summed E-state index contributed by atoms with van der Waals surface area (Å²) in [5, 5.41) is 0. The molecule has 0 amide bonds. The molecular formula is C20H23NO. The van der Waals surface area contributed by atoms with E-state index in [-0.39, 0.29) is 11.2 Å². The van der Waals surface area contributed by atoms with Crippen molar-refractivity contribution in [1.82, 2.24) is 4.98 Å². The van der Waals surface area contributed by atoms with E-state index in [1.54, 1.807) is 0 Å². The molecule has 1 aliphatic carbocycles. The predicted octanol–water partition coefficient (Wildman–Crippen LogP) is 5.09. The highest BCUT2D eigenvalue weighted by Crippen LogP contribution is 2.55. The summed E-state index contributed by atoms with van der Waals surface area (Å²) < 4.78 is 6.56. The van der Waals surface area contributed by atoms with E-state index in [2.05, 4.69) is 56.1 Å². The second kappa shape index (κ2) is 4.66. The van der Waals surface area contributed by atoms with E-state index in [0.717, 1.165) is 18.5 Å². The zero-order chi connectivity index (χ0) is 15.4. The Labute approximate surface area is 132 Å². The Morgan fingerprint density at radius 1 is 1.00 bits per heavy atom. The summed E-state index contributed by atoms with van der Waals surface area (Å²) in [6.45, 7) is 6.47. The van der Waals surface area contributed by atoms with E-state index >= 15 is 0 Å². The minimum absolute atomic E-state index is 0.0297. The van der Waals surface area contributed by atoms with Crippen LogP contribution in [0, 0.1) is 6.92 Å². The molecule has 0 unspecified atom stereocenters. The number of benzene rings is 1. The lowest BCUT2D eigenvalue weighted by Crippen LogP contribution is -2.25. The molecule has 4 rings (SSSR count). The lowest BCUT2D eigenvalue weighted by molar-refractivity contribution is -0.122. The molecule has 1 aromatic carbocycles. The minimum atomic E-state index is -0.208. The van der Waals surface area contributed by atoms with Crippen LogP contribution in [0.25, 0.3) is 11.3 Å². The quantitative estimate of drug-likeness (QED) is 0.730. The fourth-order valence-corrected chi connectivity index (χ4v) is 4.15. The van der Waals surface area contributed by atoms with Gasteiger partial charge >= 0.3 is 0 Å². The molecule has 2 aliphatic rings.